The minimum absolute atomic E-state index is 0.900. The molecule has 0 saturated heterocycles. The lowest BCUT2D eigenvalue weighted by Crippen LogP contribution is -2.32. The molecule has 0 radical (unpaired) electrons. The second-order valence-electron chi connectivity index (χ2n) is 2.49. The number of halogens is 2. The number of rotatable bonds is 3. The summed E-state index contributed by atoms with van der Waals surface area (Å²) in [5.74, 6) is 0. The Morgan fingerprint density at radius 1 is 1.45 bits per heavy atom. The first-order chi connectivity index (χ1) is 4.65. The van der Waals surface area contributed by atoms with Gasteiger partial charge in [-0.15, -0.1) is 0 Å². The van der Waals surface area contributed by atoms with E-state index in [9.17, 15) is 13.3 Å². The van der Waals surface area contributed by atoms with Crippen molar-refractivity contribution < 1.29 is 27.7 Å². The maximum atomic E-state index is 11.9. The van der Waals surface area contributed by atoms with Crippen LogP contribution < -0.4 is 0 Å². The van der Waals surface area contributed by atoms with E-state index in [1.807, 2.05) is 0 Å². The molecule has 0 spiro atoms. The van der Waals surface area contributed by atoms with Crippen LogP contribution in [0.15, 0.2) is 0 Å². The highest BCUT2D eigenvalue weighted by Gasteiger charge is 2.37. The van der Waals surface area contributed by atoms with Crippen LogP contribution >= 0.6 is 7.82 Å². The molecule has 0 atom stereocenters. The van der Waals surface area contributed by atoms with Gasteiger partial charge in [-0.05, 0) is 13.8 Å². The number of phosphoric ester groups is 1. The zero-order valence-corrected chi connectivity index (χ0v) is 6.89. The molecule has 0 aliphatic heterocycles. The first-order valence-electron chi connectivity index (χ1n) is 2.69. The second kappa shape index (κ2) is 3.15. The zero-order chi connectivity index (χ0) is 9.28. The molecule has 0 amide bonds. The Morgan fingerprint density at radius 2 is 1.82 bits per heavy atom. The summed E-state index contributed by atoms with van der Waals surface area (Å²) in [5, 5.41) is 0. The molecule has 0 rings (SSSR count). The highest BCUT2D eigenvalue weighted by atomic mass is 31.2. The summed E-state index contributed by atoms with van der Waals surface area (Å²) in [7, 11) is -4.82. The summed E-state index contributed by atoms with van der Waals surface area (Å²) >= 11 is 0. The maximum absolute atomic E-state index is 11.9. The Balaban J connectivity index is 4.25. The van der Waals surface area contributed by atoms with Crippen LogP contribution in [0.5, 0.6) is 0 Å². The monoisotopic (exact) mass is 190 g/mol. The van der Waals surface area contributed by atoms with Crippen molar-refractivity contribution in [1.29, 1.82) is 0 Å². The molecule has 68 valence electrons. The Hall–Kier alpha value is -0.0300. The van der Waals surface area contributed by atoms with Gasteiger partial charge >= 0.3 is 7.82 Å². The van der Waals surface area contributed by atoms with Crippen molar-refractivity contribution in [3.8, 4) is 0 Å². The zero-order valence-electron chi connectivity index (χ0n) is 5.99. The van der Waals surface area contributed by atoms with E-state index >= 15 is 0 Å². The molecular formula is C4H9F2O4P. The van der Waals surface area contributed by atoms with Gasteiger partial charge in [0.1, 0.15) is 5.60 Å². The van der Waals surface area contributed by atoms with Crippen molar-refractivity contribution in [2.75, 3.05) is 0 Å². The van der Waals surface area contributed by atoms with E-state index in [-0.39, 0.29) is 0 Å². The highest BCUT2D eigenvalue weighted by molar-refractivity contribution is 7.46. The van der Waals surface area contributed by atoms with E-state index in [1.54, 1.807) is 0 Å². The Bertz CT molecular complexity index is 175. The molecule has 2 N–H and O–H groups in total. The van der Waals surface area contributed by atoms with Gasteiger partial charge in [-0.25, -0.2) is 13.3 Å². The third-order valence-electron chi connectivity index (χ3n) is 0.880. The summed E-state index contributed by atoms with van der Waals surface area (Å²) in [6.07, 6.45) is -2.94. The molecular weight excluding hydrogens is 181 g/mol. The van der Waals surface area contributed by atoms with Crippen molar-refractivity contribution in [3.05, 3.63) is 0 Å². The van der Waals surface area contributed by atoms with Crippen molar-refractivity contribution in [1.82, 2.24) is 0 Å². The SMILES string of the molecule is CC(C)(OP(=O)(O)O)C(F)F. The average Bonchev–Trinajstić information content (AvgIpc) is 1.56. The van der Waals surface area contributed by atoms with Gasteiger partial charge in [0, 0.05) is 0 Å². The molecule has 0 unspecified atom stereocenters. The lowest BCUT2D eigenvalue weighted by molar-refractivity contribution is -0.0650. The van der Waals surface area contributed by atoms with Gasteiger partial charge in [-0.1, -0.05) is 0 Å². The van der Waals surface area contributed by atoms with Crippen LogP contribution in [0.25, 0.3) is 0 Å². The topological polar surface area (TPSA) is 66.8 Å². The molecule has 4 nitrogen and oxygen atoms in total. The lowest BCUT2D eigenvalue weighted by Gasteiger charge is -2.23. The van der Waals surface area contributed by atoms with Gasteiger partial charge in [-0.2, -0.15) is 0 Å². The van der Waals surface area contributed by atoms with Crippen molar-refractivity contribution in [2.24, 2.45) is 0 Å². The molecule has 0 aliphatic rings. The van der Waals surface area contributed by atoms with Crippen LogP contribution in [0, 0.1) is 0 Å². The average molecular weight is 190 g/mol. The van der Waals surface area contributed by atoms with E-state index < -0.39 is 19.8 Å². The molecule has 0 saturated carbocycles. The Morgan fingerprint density at radius 3 is 1.91 bits per heavy atom. The standard InChI is InChI=1S/C4H9F2O4P/c1-4(2,3(5)6)10-11(7,8)9/h3H,1-2H3,(H2,7,8,9). The molecule has 0 heterocycles. The molecule has 11 heavy (non-hydrogen) atoms. The molecule has 0 fully saturated rings. The van der Waals surface area contributed by atoms with Crippen LogP contribution in [0.3, 0.4) is 0 Å². The van der Waals surface area contributed by atoms with Crippen LogP contribution in [0.2, 0.25) is 0 Å². The van der Waals surface area contributed by atoms with E-state index in [0.29, 0.717) is 0 Å². The predicted molar refractivity (Wildman–Crippen MR) is 33.2 cm³/mol. The first kappa shape index (κ1) is 11.0. The molecule has 0 aromatic heterocycles. The van der Waals surface area contributed by atoms with Crippen LogP contribution in [0.4, 0.5) is 8.78 Å². The fourth-order valence-electron chi connectivity index (χ4n) is 0.346. The molecule has 0 aliphatic carbocycles. The smallest absolute Gasteiger partial charge is 0.303 e. The number of hydrogen-bond donors (Lipinski definition) is 2. The highest BCUT2D eigenvalue weighted by Crippen LogP contribution is 2.42. The summed E-state index contributed by atoms with van der Waals surface area (Å²) in [5.41, 5.74) is -2.11. The summed E-state index contributed by atoms with van der Waals surface area (Å²) in [6.45, 7) is 1.80. The normalized spacial score (nSPS) is 14.1. The minimum atomic E-state index is -4.82. The van der Waals surface area contributed by atoms with E-state index in [4.69, 9.17) is 9.79 Å². The third-order valence-corrected chi connectivity index (χ3v) is 1.59. The predicted octanol–water partition coefficient (Wildman–Crippen LogP) is 1.14. The Kier molecular flexibility index (Phi) is 3.14. The van der Waals surface area contributed by atoms with E-state index in [1.165, 1.54) is 0 Å². The van der Waals surface area contributed by atoms with E-state index in [0.717, 1.165) is 13.8 Å². The van der Waals surface area contributed by atoms with Crippen LogP contribution in [-0.4, -0.2) is 21.8 Å². The van der Waals surface area contributed by atoms with Crippen LogP contribution in [-0.2, 0) is 9.09 Å². The van der Waals surface area contributed by atoms with Gasteiger partial charge in [0.25, 0.3) is 6.43 Å². The molecule has 0 aromatic rings. The number of alkyl halides is 2. The van der Waals surface area contributed by atoms with Crippen molar-refractivity contribution >= 4 is 7.82 Å². The molecule has 0 bridgehead atoms. The first-order valence-corrected chi connectivity index (χ1v) is 4.22. The quantitative estimate of drug-likeness (QED) is 0.655. The third kappa shape index (κ3) is 4.42. The van der Waals surface area contributed by atoms with Gasteiger partial charge in [0.05, 0.1) is 0 Å². The summed E-state index contributed by atoms with van der Waals surface area (Å²) in [6, 6.07) is 0. The maximum Gasteiger partial charge on any atom is 0.470 e. The largest absolute Gasteiger partial charge is 0.470 e. The fraction of sp³-hybridized carbons (Fsp3) is 1.00. The van der Waals surface area contributed by atoms with Gasteiger partial charge in [-0.3, -0.25) is 4.52 Å². The second-order valence-corrected chi connectivity index (χ2v) is 3.65. The van der Waals surface area contributed by atoms with E-state index in [2.05, 4.69) is 4.52 Å². The molecule has 0 aromatic carbocycles. The number of phosphoric acid groups is 1. The van der Waals surface area contributed by atoms with Crippen molar-refractivity contribution in [2.45, 2.75) is 25.9 Å². The lowest BCUT2D eigenvalue weighted by atomic mass is 10.2. The number of hydrogen-bond acceptors (Lipinski definition) is 2. The van der Waals surface area contributed by atoms with Crippen LogP contribution in [0.1, 0.15) is 13.8 Å². The minimum Gasteiger partial charge on any atom is -0.303 e. The molecule has 7 heteroatoms. The summed E-state index contributed by atoms with van der Waals surface area (Å²) < 4.78 is 37.6. The van der Waals surface area contributed by atoms with Crippen molar-refractivity contribution in [3.63, 3.8) is 0 Å². The fourth-order valence-corrected chi connectivity index (χ4v) is 1.04. The van der Waals surface area contributed by atoms with Gasteiger partial charge in [0.2, 0.25) is 0 Å². The Labute approximate surface area is 62.4 Å². The van der Waals surface area contributed by atoms with Gasteiger partial charge in [0.15, 0.2) is 0 Å². The van der Waals surface area contributed by atoms with Gasteiger partial charge < -0.3 is 9.79 Å². The summed E-state index contributed by atoms with van der Waals surface area (Å²) in [4.78, 5) is 16.3.